The molecule has 0 amide bonds. The summed E-state index contributed by atoms with van der Waals surface area (Å²) in [6.07, 6.45) is -2.67. The third-order valence-electron chi connectivity index (χ3n) is 3.33. The van der Waals surface area contributed by atoms with Crippen LogP contribution in [0.1, 0.15) is 25.5 Å². The molecule has 1 aliphatic heterocycles. The topological polar surface area (TPSA) is 50.3 Å². The molecule has 0 radical (unpaired) electrons. The number of piperidine rings is 1. The van der Waals surface area contributed by atoms with E-state index >= 15 is 0 Å². The lowest BCUT2D eigenvalue weighted by Gasteiger charge is -2.33. The van der Waals surface area contributed by atoms with Crippen molar-refractivity contribution in [1.29, 1.82) is 0 Å². The average molecular weight is 304 g/mol. The van der Waals surface area contributed by atoms with E-state index in [0.717, 1.165) is 18.9 Å². The number of ether oxygens (including phenoxy) is 1. The molecule has 5 nitrogen and oxygen atoms in total. The van der Waals surface area contributed by atoms with Gasteiger partial charge in [0.25, 0.3) is 0 Å². The zero-order chi connectivity index (χ0) is 15.5. The van der Waals surface area contributed by atoms with E-state index in [2.05, 4.69) is 15.3 Å². The number of nitrogens with zero attached hydrogens (tertiary/aromatic N) is 3. The van der Waals surface area contributed by atoms with Crippen LogP contribution in [0.5, 0.6) is 0 Å². The van der Waals surface area contributed by atoms with E-state index in [4.69, 9.17) is 4.74 Å². The molecule has 2 rings (SSSR count). The molecule has 1 aromatic heterocycles. The number of rotatable bonds is 4. The van der Waals surface area contributed by atoms with Gasteiger partial charge in [0.2, 0.25) is 5.95 Å². The maximum Gasteiger partial charge on any atom is 0.433 e. The molecule has 0 aromatic carbocycles. The van der Waals surface area contributed by atoms with Crippen molar-refractivity contribution < 1.29 is 17.9 Å². The largest absolute Gasteiger partial charge is 0.433 e. The van der Waals surface area contributed by atoms with E-state index in [1.165, 1.54) is 7.05 Å². The number of halogens is 3. The van der Waals surface area contributed by atoms with E-state index < -0.39 is 11.9 Å². The number of hydrogen-bond donors (Lipinski definition) is 1. The van der Waals surface area contributed by atoms with Crippen LogP contribution in [-0.2, 0) is 10.9 Å². The Balaban J connectivity index is 2.25. The summed E-state index contributed by atoms with van der Waals surface area (Å²) in [4.78, 5) is 9.42. The molecule has 1 saturated heterocycles. The molecule has 1 fully saturated rings. The summed E-state index contributed by atoms with van der Waals surface area (Å²) in [5.74, 6) is 0.254. The summed E-state index contributed by atoms with van der Waals surface area (Å²) in [5.41, 5.74) is -0.935. The third-order valence-corrected chi connectivity index (χ3v) is 3.33. The Kier molecular flexibility index (Phi) is 4.87. The Bertz CT molecular complexity index is 479. The molecule has 1 unspecified atom stereocenters. The Morgan fingerprint density at radius 2 is 2.19 bits per heavy atom. The molecular formula is C13H19F3N4O. The van der Waals surface area contributed by atoms with Crippen molar-refractivity contribution in [2.45, 2.75) is 32.0 Å². The first-order chi connectivity index (χ1) is 9.94. The van der Waals surface area contributed by atoms with Gasteiger partial charge in [0.05, 0.1) is 6.10 Å². The van der Waals surface area contributed by atoms with Gasteiger partial charge < -0.3 is 15.0 Å². The molecule has 2 heterocycles. The van der Waals surface area contributed by atoms with Crippen molar-refractivity contribution in [3.05, 3.63) is 11.8 Å². The maximum atomic E-state index is 12.9. The quantitative estimate of drug-likeness (QED) is 0.926. The number of alkyl halides is 3. The van der Waals surface area contributed by atoms with E-state index in [9.17, 15) is 13.2 Å². The van der Waals surface area contributed by atoms with Gasteiger partial charge in [-0.1, -0.05) is 0 Å². The molecule has 0 bridgehead atoms. The van der Waals surface area contributed by atoms with Crippen molar-refractivity contribution in [1.82, 2.24) is 9.97 Å². The number of hydrogen-bond acceptors (Lipinski definition) is 5. The minimum atomic E-state index is -4.49. The van der Waals surface area contributed by atoms with Crippen LogP contribution in [0.4, 0.5) is 24.9 Å². The minimum Gasteiger partial charge on any atom is -0.377 e. The number of aromatic nitrogens is 2. The number of nitrogens with one attached hydrogen (secondary N) is 1. The Morgan fingerprint density at radius 1 is 1.43 bits per heavy atom. The molecule has 118 valence electrons. The van der Waals surface area contributed by atoms with Crippen LogP contribution in [-0.4, -0.2) is 42.8 Å². The lowest BCUT2D eigenvalue weighted by molar-refractivity contribution is -0.141. The molecule has 8 heteroatoms. The van der Waals surface area contributed by atoms with E-state index in [0.29, 0.717) is 19.7 Å². The Morgan fingerprint density at radius 3 is 2.81 bits per heavy atom. The maximum absolute atomic E-state index is 12.9. The smallest absolute Gasteiger partial charge is 0.377 e. The summed E-state index contributed by atoms with van der Waals surface area (Å²) < 4.78 is 44.2. The van der Waals surface area contributed by atoms with Gasteiger partial charge in [-0.05, 0) is 19.8 Å². The van der Waals surface area contributed by atoms with Crippen LogP contribution < -0.4 is 10.2 Å². The van der Waals surface area contributed by atoms with Crippen molar-refractivity contribution in [2.24, 2.45) is 0 Å². The van der Waals surface area contributed by atoms with Crippen molar-refractivity contribution in [2.75, 3.05) is 37.0 Å². The minimum absolute atomic E-state index is 0.0293. The van der Waals surface area contributed by atoms with E-state index in [-0.39, 0.29) is 17.9 Å². The molecule has 1 aliphatic rings. The highest BCUT2D eigenvalue weighted by molar-refractivity contribution is 5.46. The first kappa shape index (κ1) is 15.8. The first-order valence-corrected chi connectivity index (χ1v) is 6.94. The molecular weight excluding hydrogens is 285 g/mol. The van der Waals surface area contributed by atoms with Gasteiger partial charge in [-0.25, -0.2) is 4.98 Å². The highest BCUT2D eigenvalue weighted by Crippen LogP contribution is 2.31. The van der Waals surface area contributed by atoms with Gasteiger partial charge in [0, 0.05) is 32.8 Å². The molecule has 0 saturated carbocycles. The van der Waals surface area contributed by atoms with Crippen LogP contribution >= 0.6 is 0 Å². The van der Waals surface area contributed by atoms with Crippen LogP contribution in [0.25, 0.3) is 0 Å². The summed E-state index contributed by atoms with van der Waals surface area (Å²) in [6.45, 7) is 3.72. The van der Waals surface area contributed by atoms with Crippen LogP contribution in [0.2, 0.25) is 0 Å². The lowest BCUT2D eigenvalue weighted by atomic mass is 10.1. The molecule has 1 atom stereocenters. The van der Waals surface area contributed by atoms with Crippen molar-refractivity contribution >= 4 is 11.8 Å². The average Bonchev–Trinajstić information content (AvgIpc) is 2.46. The zero-order valence-electron chi connectivity index (χ0n) is 12.1. The lowest BCUT2D eigenvalue weighted by Crippen LogP contribution is -2.40. The third kappa shape index (κ3) is 3.96. The summed E-state index contributed by atoms with van der Waals surface area (Å²) >= 11 is 0. The first-order valence-electron chi connectivity index (χ1n) is 6.94. The standard InChI is InChI=1S/C13H19F3N4O/c1-3-21-9-5-4-6-20(8-9)11-7-10(13(14,15)16)18-12(17-2)19-11/h7,9H,3-6,8H2,1-2H3,(H,17,18,19). The van der Waals surface area contributed by atoms with Gasteiger partial charge in [-0.2, -0.15) is 18.2 Å². The van der Waals surface area contributed by atoms with Gasteiger partial charge in [-0.15, -0.1) is 0 Å². The second-order valence-electron chi connectivity index (χ2n) is 4.85. The fourth-order valence-corrected chi connectivity index (χ4v) is 2.37. The summed E-state index contributed by atoms with van der Waals surface area (Å²) in [6, 6.07) is 0.995. The molecule has 1 N–H and O–H groups in total. The second-order valence-corrected chi connectivity index (χ2v) is 4.85. The molecule has 0 aliphatic carbocycles. The van der Waals surface area contributed by atoms with Gasteiger partial charge in [-0.3, -0.25) is 0 Å². The van der Waals surface area contributed by atoms with E-state index in [1.807, 2.05) is 11.8 Å². The molecule has 0 spiro atoms. The number of anilines is 2. The van der Waals surface area contributed by atoms with Crippen molar-refractivity contribution in [3.63, 3.8) is 0 Å². The SMILES string of the molecule is CCOC1CCCN(c2cc(C(F)(F)F)nc(NC)n2)C1. The Hall–Kier alpha value is -1.57. The predicted molar refractivity (Wildman–Crippen MR) is 73.4 cm³/mol. The molecule has 1 aromatic rings. The summed E-state index contributed by atoms with van der Waals surface area (Å²) in [5, 5.41) is 2.58. The highest BCUT2D eigenvalue weighted by Gasteiger charge is 2.34. The van der Waals surface area contributed by atoms with Gasteiger partial charge in [0.15, 0.2) is 5.69 Å². The van der Waals surface area contributed by atoms with Crippen LogP contribution in [0.3, 0.4) is 0 Å². The zero-order valence-corrected chi connectivity index (χ0v) is 12.1. The van der Waals surface area contributed by atoms with Gasteiger partial charge in [0.1, 0.15) is 5.82 Å². The fraction of sp³-hybridized carbons (Fsp3) is 0.692. The monoisotopic (exact) mass is 304 g/mol. The highest BCUT2D eigenvalue weighted by atomic mass is 19.4. The predicted octanol–water partition coefficient (Wildman–Crippen LogP) is 2.54. The van der Waals surface area contributed by atoms with Gasteiger partial charge >= 0.3 is 6.18 Å². The summed E-state index contributed by atoms with van der Waals surface area (Å²) in [7, 11) is 1.50. The fourth-order valence-electron chi connectivity index (χ4n) is 2.37. The van der Waals surface area contributed by atoms with Crippen LogP contribution in [0, 0.1) is 0 Å². The Labute approximate surface area is 121 Å². The normalized spacial score (nSPS) is 19.7. The van der Waals surface area contributed by atoms with Crippen molar-refractivity contribution in [3.8, 4) is 0 Å². The second kappa shape index (κ2) is 6.46. The van der Waals surface area contributed by atoms with Crippen LogP contribution in [0.15, 0.2) is 6.07 Å². The molecule has 21 heavy (non-hydrogen) atoms. The van der Waals surface area contributed by atoms with E-state index in [1.54, 1.807) is 0 Å².